The Hall–Kier alpha value is -2.87. The van der Waals surface area contributed by atoms with Crippen LogP contribution in [0, 0.1) is 5.82 Å². The van der Waals surface area contributed by atoms with Crippen LogP contribution in [0.3, 0.4) is 0 Å². The van der Waals surface area contributed by atoms with Crippen molar-refractivity contribution in [2.45, 2.75) is 38.6 Å². The Kier molecular flexibility index (Phi) is 5.75. The van der Waals surface area contributed by atoms with Gasteiger partial charge < -0.3 is 24.6 Å². The number of hydrogen-bond donors (Lipinski definition) is 2. The number of nitrogens with zero attached hydrogens (tertiary/aromatic N) is 2. The van der Waals surface area contributed by atoms with Crippen molar-refractivity contribution in [3.63, 3.8) is 0 Å². The summed E-state index contributed by atoms with van der Waals surface area (Å²) in [5.74, 6) is -1.57. The molecule has 2 aliphatic rings. The molecule has 0 bridgehead atoms. The van der Waals surface area contributed by atoms with E-state index in [2.05, 4.69) is 12.2 Å². The number of benzene rings is 1. The highest BCUT2D eigenvalue weighted by molar-refractivity contribution is 5.97. The SMILES string of the molecule is CNCC(C)=C1CCN(c2c(F)cc3c(=O)c(C(=O)O)cn(C4CC4)c3c2OC)CC1. The van der Waals surface area contributed by atoms with Gasteiger partial charge in [-0.15, -0.1) is 0 Å². The first-order valence-corrected chi connectivity index (χ1v) is 10.6. The quantitative estimate of drug-likeness (QED) is 0.686. The fourth-order valence-electron chi connectivity index (χ4n) is 4.54. The van der Waals surface area contributed by atoms with Crippen molar-refractivity contribution < 1.29 is 19.0 Å². The molecule has 1 aliphatic carbocycles. The second-order valence-electron chi connectivity index (χ2n) is 8.35. The first kappa shape index (κ1) is 21.4. The number of ether oxygens (including phenoxy) is 1. The molecule has 0 spiro atoms. The zero-order chi connectivity index (χ0) is 22.3. The summed E-state index contributed by atoms with van der Waals surface area (Å²) in [6.07, 6.45) is 4.82. The molecule has 7 nitrogen and oxygen atoms in total. The third kappa shape index (κ3) is 3.80. The number of aromatic nitrogens is 1. The minimum atomic E-state index is -1.31. The number of likely N-dealkylation sites (N-methyl/N-ethyl adjacent to an activating group) is 1. The molecule has 4 rings (SSSR count). The Labute approximate surface area is 180 Å². The fourth-order valence-corrected chi connectivity index (χ4v) is 4.54. The predicted molar refractivity (Wildman–Crippen MR) is 118 cm³/mol. The van der Waals surface area contributed by atoms with Gasteiger partial charge in [0.15, 0.2) is 11.6 Å². The van der Waals surface area contributed by atoms with Gasteiger partial charge in [0.25, 0.3) is 0 Å². The van der Waals surface area contributed by atoms with Crippen LogP contribution in [0.5, 0.6) is 5.75 Å². The van der Waals surface area contributed by atoms with E-state index in [1.54, 1.807) is 4.57 Å². The monoisotopic (exact) mass is 429 g/mol. The molecule has 0 unspecified atom stereocenters. The summed E-state index contributed by atoms with van der Waals surface area (Å²) < 4.78 is 22.8. The summed E-state index contributed by atoms with van der Waals surface area (Å²) in [5, 5.41) is 12.7. The predicted octanol–water partition coefficient (Wildman–Crippen LogP) is 3.32. The van der Waals surface area contributed by atoms with Gasteiger partial charge in [-0.3, -0.25) is 4.79 Å². The van der Waals surface area contributed by atoms with Crippen LogP contribution in [0.15, 0.2) is 28.2 Å². The number of nitrogens with one attached hydrogen (secondary N) is 1. The van der Waals surface area contributed by atoms with E-state index in [0.29, 0.717) is 30.0 Å². The zero-order valence-electron chi connectivity index (χ0n) is 18.1. The lowest BCUT2D eigenvalue weighted by Gasteiger charge is -2.33. The Morgan fingerprint density at radius 1 is 1.32 bits per heavy atom. The summed E-state index contributed by atoms with van der Waals surface area (Å²) >= 11 is 0. The average Bonchev–Trinajstić information content (AvgIpc) is 3.59. The van der Waals surface area contributed by atoms with Gasteiger partial charge >= 0.3 is 5.97 Å². The molecule has 2 heterocycles. The molecule has 0 atom stereocenters. The van der Waals surface area contributed by atoms with E-state index in [-0.39, 0.29) is 17.0 Å². The Bertz CT molecular complexity index is 1120. The third-order valence-corrected chi connectivity index (χ3v) is 6.30. The minimum Gasteiger partial charge on any atom is -0.492 e. The Balaban J connectivity index is 1.85. The highest BCUT2D eigenvalue weighted by Gasteiger charge is 2.31. The molecule has 166 valence electrons. The van der Waals surface area contributed by atoms with Crippen LogP contribution in [-0.2, 0) is 0 Å². The van der Waals surface area contributed by atoms with Crippen LogP contribution in [0.2, 0.25) is 0 Å². The average molecular weight is 429 g/mol. The molecule has 1 saturated carbocycles. The number of aromatic carboxylic acids is 1. The summed E-state index contributed by atoms with van der Waals surface area (Å²) in [7, 11) is 3.39. The van der Waals surface area contributed by atoms with E-state index < -0.39 is 17.2 Å². The van der Waals surface area contributed by atoms with Gasteiger partial charge in [0.05, 0.1) is 18.0 Å². The van der Waals surface area contributed by atoms with Crippen molar-refractivity contribution in [1.82, 2.24) is 9.88 Å². The number of methoxy groups -OCH3 is 1. The lowest BCUT2D eigenvalue weighted by Crippen LogP contribution is -2.33. The molecule has 2 aromatic rings. The van der Waals surface area contributed by atoms with Crippen LogP contribution in [-0.4, -0.2) is 49.4 Å². The van der Waals surface area contributed by atoms with E-state index in [1.165, 1.54) is 30.5 Å². The number of fused-ring (bicyclic) bond motifs is 1. The second-order valence-corrected chi connectivity index (χ2v) is 8.35. The third-order valence-electron chi connectivity index (χ3n) is 6.30. The maximum atomic E-state index is 15.4. The van der Waals surface area contributed by atoms with Crippen molar-refractivity contribution in [3.05, 3.63) is 45.0 Å². The van der Waals surface area contributed by atoms with Crippen LogP contribution in [0.25, 0.3) is 10.9 Å². The number of carboxylic acid groups (broad SMARTS) is 1. The Morgan fingerprint density at radius 3 is 2.55 bits per heavy atom. The molecule has 1 aliphatic heterocycles. The highest BCUT2D eigenvalue weighted by Crippen LogP contribution is 2.44. The first-order valence-electron chi connectivity index (χ1n) is 10.6. The van der Waals surface area contributed by atoms with Crippen molar-refractivity contribution >= 4 is 22.6 Å². The van der Waals surface area contributed by atoms with Crippen LogP contribution in [0.4, 0.5) is 10.1 Å². The molecule has 1 aromatic heterocycles. The summed E-state index contributed by atoms with van der Waals surface area (Å²) in [5.41, 5.74) is 2.49. The van der Waals surface area contributed by atoms with Crippen LogP contribution >= 0.6 is 0 Å². The van der Waals surface area contributed by atoms with Gasteiger partial charge in [-0.05, 0) is 45.7 Å². The molecule has 1 aromatic carbocycles. The van der Waals surface area contributed by atoms with Gasteiger partial charge in [0.2, 0.25) is 5.43 Å². The van der Waals surface area contributed by atoms with E-state index in [1.807, 2.05) is 11.9 Å². The largest absolute Gasteiger partial charge is 0.492 e. The zero-order valence-corrected chi connectivity index (χ0v) is 18.1. The van der Waals surface area contributed by atoms with Gasteiger partial charge in [-0.1, -0.05) is 11.1 Å². The molecule has 0 radical (unpaired) electrons. The topological polar surface area (TPSA) is 83.8 Å². The normalized spacial score (nSPS) is 16.6. The van der Waals surface area contributed by atoms with E-state index in [4.69, 9.17) is 4.74 Å². The number of piperidine rings is 1. The number of halogens is 1. The summed E-state index contributed by atoms with van der Waals surface area (Å²) in [6.45, 7) is 4.25. The molecular weight excluding hydrogens is 401 g/mol. The lowest BCUT2D eigenvalue weighted by molar-refractivity contribution is 0.0695. The number of carboxylic acids is 1. The summed E-state index contributed by atoms with van der Waals surface area (Å²) in [6, 6.07) is 1.27. The van der Waals surface area contributed by atoms with Crippen LogP contribution < -0.4 is 20.4 Å². The number of anilines is 1. The first-order chi connectivity index (χ1) is 14.9. The maximum Gasteiger partial charge on any atom is 0.341 e. The van der Waals surface area contributed by atoms with E-state index in [9.17, 15) is 14.7 Å². The standard InChI is InChI=1S/C23H28FN3O4/c1-13(11-25-2)14-6-8-26(9-7-14)20-18(24)10-16-19(22(20)31-3)27(15-4-5-15)12-17(21(16)28)23(29)30/h10,12,15,25H,4-9,11H2,1-3H3,(H,29,30). The molecule has 2 N–H and O–H groups in total. The molecule has 8 heteroatoms. The maximum absolute atomic E-state index is 15.4. The van der Waals surface area contributed by atoms with E-state index >= 15 is 4.39 Å². The van der Waals surface area contributed by atoms with Gasteiger partial charge in [-0.2, -0.15) is 0 Å². The van der Waals surface area contributed by atoms with Crippen LogP contribution in [0.1, 0.15) is 49.0 Å². The van der Waals surface area contributed by atoms with Crippen molar-refractivity contribution in [1.29, 1.82) is 0 Å². The highest BCUT2D eigenvalue weighted by atomic mass is 19.1. The van der Waals surface area contributed by atoms with E-state index in [0.717, 1.165) is 32.2 Å². The van der Waals surface area contributed by atoms with Crippen molar-refractivity contribution in [3.8, 4) is 5.75 Å². The molecule has 0 amide bonds. The Morgan fingerprint density at radius 2 is 2.00 bits per heavy atom. The molecular formula is C23H28FN3O4. The number of rotatable bonds is 6. The number of pyridine rings is 1. The van der Waals surface area contributed by atoms with Gasteiger partial charge in [-0.25, -0.2) is 9.18 Å². The smallest absolute Gasteiger partial charge is 0.341 e. The van der Waals surface area contributed by atoms with Gasteiger partial charge in [0, 0.05) is 31.9 Å². The minimum absolute atomic E-state index is 0.0485. The molecule has 2 fully saturated rings. The summed E-state index contributed by atoms with van der Waals surface area (Å²) in [4.78, 5) is 26.4. The van der Waals surface area contributed by atoms with Crippen molar-refractivity contribution in [2.24, 2.45) is 0 Å². The molecule has 31 heavy (non-hydrogen) atoms. The fraction of sp³-hybridized carbons (Fsp3) is 0.478. The number of carbonyl (C=O) groups is 1. The number of hydrogen-bond acceptors (Lipinski definition) is 5. The second kappa shape index (κ2) is 8.34. The lowest BCUT2D eigenvalue weighted by atomic mass is 9.97. The molecule has 1 saturated heterocycles. The van der Waals surface area contributed by atoms with Gasteiger partial charge in [0.1, 0.15) is 11.3 Å². The van der Waals surface area contributed by atoms with Crippen molar-refractivity contribution in [2.75, 3.05) is 38.7 Å².